The third-order valence-corrected chi connectivity index (χ3v) is 3.80. The molecular formula is C19H21N5O2. The van der Waals surface area contributed by atoms with Gasteiger partial charge in [-0.25, -0.2) is 0 Å². The van der Waals surface area contributed by atoms with Gasteiger partial charge in [0.05, 0.1) is 12.2 Å². The lowest BCUT2D eigenvalue weighted by atomic mass is 10.2. The van der Waals surface area contributed by atoms with Crippen molar-refractivity contribution in [3.8, 4) is 0 Å². The maximum atomic E-state index is 12.1. The van der Waals surface area contributed by atoms with E-state index in [2.05, 4.69) is 37.5 Å². The number of rotatable bonds is 8. The van der Waals surface area contributed by atoms with Gasteiger partial charge in [0.2, 0.25) is 0 Å². The zero-order valence-electron chi connectivity index (χ0n) is 14.6. The van der Waals surface area contributed by atoms with Crippen LogP contribution in [-0.4, -0.2) is 39.5 Å². The SMILES string of the molecule is CN(Cc1ccccc1)Cc1cc(C(=O)NCCc2cnccn2)no1. The van der Waals surface area contributed by atoms with Gasteiger partial charge in [0.15, 0.2) is 11.5 Å². The summed E-state index contributed by atoms with van der Waals surface area (Å²) in [5.41, 5.74) is 2.33. The van der Waals surface area contributed by atoms with Gasteiger partial charge in [-0.2, -0.15) is 0 Å². The molecule has 0 spiro atoms. The van der Waals surface area contributed by atoms with Crippen molar-refractivity contribution < 1.29 is 9.32 Å². The summed E-state index contributed by atoms with van der Waals surface area (Å²) < 4.78 is 5.28. The normalized spacial score (nSPS) is 10.8. The van der Waals surface area contributed by atoms with Crippen molar-refractivity contribution in [1.29, 1.82) is 0 Å². The first-order chi connectivity index (χ1) is 12.7. The highest BCUT2D eigenvalue weighted by Crippen LogP contribution is 2.09. The minimum Gasteiger partial charge on any atom is -0.359 e. The molecule has 1 amide bonds. The molecule has 7 nitrogen and oxygen atoms in total. The van der Waals surface area contributed by atoms with E-state index in [9.17, 15) is 4.79 Å². The second-order valence-corrected chi connectivity index (χ2v) is 6.04. The summed E-state index contributed by atoms with van der Waals surface area (Å²) in [7, 11) is 2.00. The molecule has 7 heteroatoms. The summed E-state index contributed by atoms with van der Waals surface area (Å²) >= 11 is 0. The van der Waals surface area contributed by atoms with Gasteiger partial charge in [-0.1, -0.05) is 35.5 Å². The lowest BCUT2D eigenvalue weighted by Gasteiger charge is -2.14. The molecule has 26 heavy (non-hydrogen) atoms. The summed E-state index contributed by atoms with van der Waals surface area (Å²) in [6.45, 7) is 1.84. The molecule has 2 aromatic heterocycles. The van der Waals surface area contributed by atoms with Crippen molar-refractivity contribution in [2.45, 2.75) is 19.5 Å². The van der Waals surface area contributed by atoms with E-state index in [1.807, 2.05) is 25.2 Å². The number of nitrogens with one attached hydrogen (secondary N) is 1. The molecule has 1 aromatic carbocycles. The molecule has 3 aromatic rings. The topological polar surface area (TPSA) is 84.2 Å². The van der Waals surface area contributed by atoms with Crippen molar-refractivity contribution in [3.63, 3.8) is 0 Å². The minimum absolute atomic E-state index is 0.255. The molecule has 0 aliphatic heterocycles. The van der Waals surface area contributed by atoms with Gasteiger partial charge in [-0.15, -0.1) is 0 Å². The Morgan fingerprint density at radius 2 is 2.04 bits per heavy atom. The molecular weight excluding hydrogens is 330 g/mol. The fourth-order valence-corrected chi connectivity index (χ4v) is 2.57. The number of carbonyl (C=O) groups excluding carboxylic acids is 1. The highest BCUT2D eigenvalue weighted by molar-refractivity contribution is 5.92. The third-order valence-electron chi connectivity index (χ3n) is 3.80. The lowest BCUT2D eigenvalue weighted by molar-refractivity contribution is 0.0945. The van der Waals surface area contributed by atoms with E-state index in [1.54, 1.807) is 24.7 Å². The van der Waals surface area contributed by atoms with E-state index < -0.39 is 0 Å². The van der Waals surface area contributed by atoms with Crippen LogP contribution in [0.3, 0.4) is 0 Å². The average Bonchev–Trinajstić information content (AvgIpc) is 3.12. The van der Waals surface area contributed by atoms with Crippen LogP contribution in [0.15, 0.2) is 59.5 Å². The molecule has 0 aliphatic carbocycles. The number of aromatic nitrogens is 3. The van der Waals surface area contributed by atoms with Crippen molar-refractivity contribution in [3.05, 3.63) is 77.7 Å². The summed E-state index contributed by atoms with van der Waals surface area (Å²) in [6.07, 6.45) is 5.55. The number of nitrogens with zero attached hydrogens (tertiary/aromatic N) is 4. The zero-order chi connectivity index (χ0) is 18.2. The zero-order valence-corrected chi connectivity index (χ0v) is 14.6. The van der Waals surface area contributed by atoms with E-state index in [1.165, 1.54) is 5.56 Å². The van der Waals surface area contributed by atoms with E-state index in [4.69, 9.17) is 4.52 Å². The number of hydrogen-bond acceptors (Lipinski definition) is 6. The lowest BCUT2D eigenvalue weighted by Crippen LogP contribution is -2.26. The molecule has 2 heterocycles. The predicted molar refractivity (Wildman–Crippen MR) is 96.2 cm³/mol. The van der Waals surface area contributed by atoms with Gasteiger partial charge >= 0.3 is 0 Å². The molecule has 0 atom stereocenters. The van der Waals surface area contributed by atoms with Gasteiger partial charge in [0.1, 0.15) is 0 Å². The summed E-state index contributed by atoms with van der Waals surface area (Å²) in [5.74, 6) is 0.400. The van der Waals surface area contributed by atoms with Crippen LogP contribution in [0.25, 0.3) is 0 Å². The summed E-state index contributed by atoms with van der Waals surface area (Å²) in [4.78, 5) is 22.4. The molecule has 0 bridgehead atoms. The maximum absolute atomic E-state index is 12.1. The number of hydrogen-bond donors (Lipinski definition) is 1. The number of carbonyl (C=O) groups is 1. The smallest absolute Gasteiger partial charge is 0.273 e. The van der Waals surface area contributed by atoms with Crippen LogP contribution in [-0.2, 0) is 19.5 Å². The fraction of sp³-hybridized carbons (Fsp3) is 0.263. The van der Waals surface area contributed by atoms with Gasteiger partial charge in [0, 0.05) is 44.2 Å². The van der Waals surface area contributed by atoms with Crippen LogP contribution in [0.5, 0.6) is 0 Å². The van der Waals surface area contributed by atoms with Gasteiger partial charge in [-0.3, -0.25) is 19.7 Å². The first-order valence-electron chi connectivity index (χ1n) is 8.42. The van der Waals surface area contributed by atoms with Crippen LogP contribution in [0, 0.1) is 0 Å². The summed E-state index contributed by atoms with van der Waals surface area (Å²) in [6, 6.07) is 11.9. The first kappa shape index (κ1) is 17.8. The van der Waals surface area contributed by atoms with Crippen molar-refractivity contribution in [2.75, 3.05) is 13.6 Å². The van der Waals surface area contributed by atoms with Gasteiger partial charge < -0.3 is 9.84 Å². The van der Waals surface area contributed by atoms with Crippen molar-refractivity contribution in [1.82, 2.24) is 25.3 Å². The molecule has 0 saturated heterocycles. The first-order valence-corrected chi connectivity index (χ1v) is 8.42. The molecule has 0 radical (unpaired) electrons. The Bertz CT molecular complexity index is 820. The highest BCUT2D eigenvalue weighted by atomic mass is 16.5. The standard InChI is InChI=1S/C19H21N5O2/c1-24(13-15-5-3-2-4-6-15)14-17-11-18(23-26-17)19(25)22-8-7-16-12-20-9-10-21-16/h2-6,9-12H,7-8,13-14H2,1H3,(H,22,25). The van der Waals surface area contributed by atoms with E-state index in [0.29, 0.717) is 25.3 Å². The van der Waals surface area contributed by atoms with E-state index >= 15 is 0 Å². The Morgan fingerprint density at radius 3 is 2.81 bits per heavy atom. The molecule has 0 fully saturated rings. The molecule has 134 valence electrons. The third kappa shape index (κ3) is 5.22. The fourth-order valence-electron chi connectivity index (χ4n) is 2.57. The monoisotopic (exact) mass is 351 g/mol. The number of benzene rings is 1. The van der Waals surface area contributed by atoms with Crippen LogP contribution >= 0.6 is 0 Å². The second kappa shape index (κ2) is 8.87. The minimum atomic E-state index is -0.255. The molecule has 1 N–H and O–H groups in total. The molecule has 3 rings (SSSR count). The summed E-state index contributed by atoms with van der Waals surface area (Å²) in [5, 5.41) is 6.67. The predicted octanol–water partition coefficient (Wildman–Crippen LogP) is 2.07. The molecule has 0 saturated carbocycles. The highest BCUT2D eigenvalue weighted by Gasteiger charge is 2.13. The Morgan fingerprint density at radius 1 is 1.19 bits per heavy atom. The van der Waals surface area contributed by atoms with Crippen molar-refractivity contribution in [2.24, 2.45) is 0 Å². The molecule has 0 unspecified atom stereocenters. The van der Waals surface area contributed by atoms with Crippen molar-refractivity contribution >= 4 is 5.91 Å². The van der Waals surface area contributed by atoms with Crippen LogP contribution in [0.4, 0.5) is 0 Å². The van der Waals surface area contributed by atoms with Gasteiger partial charge in [0.25, 0.3) is 5.91 Å². The maximum Gasteiger partial charge on any atom is 0.273 e. The Labute approximate surface area is 152 Å². The van der Waals surface area contributed by atoms with Gasteiger partial charge in [-0.05, 0) is 12.6 Å². The largest absolute Gasteiger partial charge is 0.359 e. The van der Waals surface area contributed by atoms with E-state index in [0.717, 1.165) is 12.2 Å². The molecule has 0 aliphatic rings. The van der Waals surface area contributed by atoms with Crippen LogP contribution in [0.1, 0.15) is 27.5 Å². The van der Waals surface area contributed by atoms with Crippen LogP contribution < -0.4 is 5.32 Å². The second-order valence-electron chi connectivity index (χ2n) is 6.04. The van der Waals surface area contributed by atoms with E-state index in [-0.39, 0.29) is 11.6 Å². The Balaban J connectivity index is 1.46. The van der Waals surface area contributed by atoms with Crippen LogP contribution in [0.2, 0.25) is 0 Å². The number of amides is 1. The average molecular weight is 351 g/mol. The Hall–Kier alpha value is -3.06. The Kier molecular flexibility index (Phi) is 6.05. The quantitative estimate of drug-likeness (QED) is 0.669.